The van der Waals surface area contributed by atoms with E-state index in [1.54, 1.807) is 31.1 Å². The van der Waals surface area contributed by atoms with Crippen LogP contribution in [0.25, 0.3) is 0 Å². The molecule has 0 spiro atoms. The molecule has 0 saturated carbocycles. The van der Waals surface area contributed by atoms with Gasteiger partial charge in [0.05, 0.1) is 15.5 Å². The third kappa shape index (κ3) is 3.66. The quantitative estimate of drug-likeness (QED) is 0.881. The molecule has 0 bridgehead atoms. The summed E-state index contributed by atoms with van der Waals surface area (Å²) in [6.07, 6.45) is 0. The van der Waals surface area contributed by atoms with E-state index in [4.69, 9.17) is 0 Å². The minimum Gasteiger partial charge on any atom is -0.377 e. The van der Waals surface area contributed by atoms with E-state index in [0.717, 1.165) is 44.0 Å². The first-order valence-corrected chi connectivity index (χ1v) is 9.75. The molecule has 1 heterocycles. The largest absolute Gasteiger partial charge is 0.377 e. The Balaban J connectivity index is 2.08. The summed E-state index contributed by atoms with van der Waals surface area (Å²) in [7, 11) is -0.583. The van der Waals surface area contributed by atoms with Gasteiger partial charge >= 0.3 is 0 Å². The fourth-order valence-corrected chi connectivity index (χ4v) is 4.57. The van der Waals surface area contributed by atoms with Crippen molar-refractivity contribution in [3.63, 3.8) is 0 Å². The van der Waals surface area contributed by atoms with Crippen LogP contribution in [0.2, 0.25) is 0 Å². The maximum Gasteiger partial charge on any atom is 0.208 e. The number of nitrogens with zero attached hydrogens (tertiary/aromatic N) is 2. The molecule has 0 aromatic heterocycles. The number of anilines is 2. The van der Waals surface area contributed by atoms with Gasteiger partial charge in [0.25, 0.3) is 0 Å². The average Bonchev–Trinajstić information content (AvgIpc) is 2.61. The molecule has 0 unspecified atom stereocenters. The molecule has 2 aromatic rings. The summed E-state index contributed by atoms with van der Waals surface area (Å²) in [5, 5.41) is 3.27. The lowest BCUT2D eigenvalue weighted by atomic mass is 10.2. The van der Waals surface area contributed by atoms with Gasteiger partial charge in [0, 0.05) is 52.0 Å². The van der Waals surface area contributed by atoms with Crippen molar-refractivity contribution in [2.24, 2.45) is 0 Å². The predicted octanol–water partition coefficient (Wildman–Crippen LogP) is 2.27. The molecule has 1 aliphatic rings. The third-order valence-electron chi connectivity index (χ3n) is 4.34. The second-order valence-corrected chi connectivity index (χ2v) is 8.31. The second-order valence-electron chi connectivity index (χ2n) is 6.39. The highest BCUT2D eigenvalue weighted by atomic mass is 32.2. The van der Waals surface area contributed by atoms with E-state index < -0.39 is 26.4 Å². The minimum atomic E-state index is -4.06. The van der Waals surface area contributed by atoms with Crippen molar-refractivity contribution in [3.05, 3.63) is 48.0 Å². The van der Waals surface area contributed by atoms with Crippen molar-refractivity contribution in [1.29, 1.82) is 0 Å². The summed E-state index contributed by atoms with van der Waals surface area (Å²) in [4.78, 5) is 3.48. The number of hydrogen-bond donors (Lipinski definition) is 1. The molecule has 8 heteroatoms. The van der Waals surface area contributed by atoms with Crippen LogP contribution in [0.4, 0.5) is 20.2 Å². The Labute approximate surface area is 152 Å². The highest BCUT2D eigenvalue weighted by Crippen LogP contribution is 2.33. The molecule has 3 rings (SSSR count). The van der Waals surface area contributed by atoms with E-state index in [1.165, 1.54) is 6.07 Å². The Bertz CT molecular complexity index is 890. The zero-order valence-corrected chi connectivity index (χ0v) is 15.5. The number of rotatable bonds is 4. The first-order valence-electron chi connectivity index (χ1n) is 8.27. The topological polar surface area (TPSA) is 52.6 Å². The van der Waals surface area contributed by atoms with Gasteiger partial charge < -0.3 is 15.1 Å². The first-order chi connectivity index (χ1) is 12.3. The Hall–Kier alpha value is -2.19. The molecule has 1 aliphatic heterocycles. The molecule has 1 fully saturated rings. The van der Waals surface area contributed by atoms with Gasteiger partial charge in [-0.15, -0.1) is 0 Å². The smallest absolute Gasteiger partial charge is 0.208 e. The maximum atomic E-state index is 13.5. The van der Waals surface area contributed by atoms with E-state index in [2.05, 4.69) is 10.2 Å². The molecule has 26 heavy (non-hydrogen) atoms. The van der Waals surface area contributed by atoms with E-state index in [9.17, 15) is 17.2 Å². The molecule has 1 N–H and O–H groups in total. The molecule has 0 aliphatic carbocycles. The summed E-state index contributed by atoms with van der Waals surface area (Å²) in [5.74, 6) is -1.85. The van der Waals surface area contributed by atoms with Gasteiger partial charge in [-0.1, -0.05) is 0 Å². The summed E-state index contributed by atoms with van der Waals surface area (Å²) in [6, 6.07) is 7.36. The summed E-state index contributed by atoms with van der Waals surface area (Å²) < 4.78 is 53.0. The van der Waals surface area contributed by atoms with Gasteiger partial charge in [-0.3, -0.25) is 0 Å². The van der Waals surface area contributed by atoms with E-state index in [-0.39, 0.29) is 4.90 Å². The van der Waals surface area contributed by atoms with Crippen LogP contribution < -0.4 is 15.1 Å². The molecule has 5 nitrogen and oxygen atoms in total. The number of hydrogen-bond acceptors (Lipinski definition) is 5. The van der Waals surface area contributed by atoms with Crippen LogP contribution in [-0.4, -0.2) is 48.7 Å². The number of sulfone groups is 1. The summed E-state index contributed by atoms with van der Waals surface area (Å²) in [6.45, 7) is 3.38. The minimum absolute atomic E-state index is 0.0198. The molecule has 1 saturated heterocycles. The second kappa shape index (κ2) is 7.20. The number of benzene rings is 2. The Kier molecular flexibility index (Phi) is 5.15. The fraction of sp³-hybridized carbons (Fsp3) is 0.333. The van der Waals surface area contributed by atoms with Crippen LogP contribution in [0.3, 0.4) is 0 Å². The molecule has 0 amide bonds. The Morgan fingerprint density at radius 2 is 1.62 bits per heavy atom. The van der Waals surface area contributed by atoms with Gasteiger partial charge in [-0.25, -0.2) is 17.2 Å². The predicted molar refractivity (Wildman–Crippen MR) is 97.7 cm³/mol. The van der Waals surface area contributed by atoms with Crippen molar-refractivity contribution in [2.75, 3.05) is 50.1 Å². The number of piperazine rings is 1. The van der Waals surface area contributed by atoms with Crippen LogP contribution in [0, 0.1) is 11.6 Å². The molecule has 140 valence electrons. The van der Waals surface area contributed by atoms with Gasteiger partial charge in [-0.05, 0) is 30.3 Å². The van der Waals surface area contributed by atoms with Gasteiger partial charge in [0.15, 0.2) is 0 Å². The van der Waals surface area contributed by atoms with Crippen molar-refractivity contribution >= 4 is 21.2 Å². The number of nitrogens with one attached hydrogen (secondary N) is 1. The van der Waals surface area contributed by atoms with E-state index >= 15 is 0 Å². The lowest BCUT2D eigenvalue weighted by molar-refractivity contribution is 0.567. The van der Waals surface area contributed by atoms with Crippen molar-refractivity contribution in [2.45, 2.75) is 9.79 Å². The normalized spacial score (nSPS) is 15.2. The third-order valence-corrected chi connectivity index (χ3v) is 6.12. The molecule has 0 radical (unpaired) electrons. The van der Waals surface area contributed by atoms with E-state index in [0.29, 0.717) is 11.8 Å². The average molecular weight is 381 g/mol. The highest BCUT2D eigenvalue weighted by Gasteiger charge is 2.25. The highest BCUT2D eigenvalue weighted by molar-refractivity contribution is 7.91. The lowest BCUT2D eigenvalue weighted by Gasteiger charge is -2.30. The first kappa shape index (κ1) is 18.6. The molecule has 0 atom stereocenters. The van der Waals surface area contributed by atoms with Crippen LogP contribution >= 0.6 is 0 Å². The van der Waals surface area contributed by atoms with Crippen LogP contribution in [0.1, 0.15) is 0 Å². The Morgan fingerprint density at radius 3 is 2.19 bits per heavy atom. The maximum absolute atomic E-state index is 13.5. The van der Waals surface area contributed by atoms with Crippen molar-refractivity contribution in [3.8, 4) is 0 Å². The zero-order valence-electron chi connectivity index (χ0n) is 14.7. The monoisotopic (exact) mass is 381 g/mol. The standard InChI is InChI=1S/C18H21F2N3O2S/c1-22(2)17-12-15(23-7-5-21-6-8-23)3-4-18(17)26(24,25)16-10-13(19)9-14(20)11-16/h3-4,9-12,21H,5-8H2,1-2H3. The van der Waals surface area contributed by atoms with Gasteiger partial charge in [0.1, 0.15) is 11.6 Å². The summed E-state index contributed by atoms with van der Waals surface area (Å²) >= 11 is 0. The zero-order chi connectivity index (χ0) is 18.9. The summed E-state index contributed by atoms with van der Waals surface area (Å²) in [5.41, 5.74) is 1.39. The van der Waals surface area contributed by atoms with Crippen LogP contribution in [0.5, 0.6) is 0 Å². The lowest BCUT2D eigenvalue weighted by Crippen LogP contribution is -2.43. The number of halogens is 2. The molecular weight excluding hydrogens is 360 g/mol. The van der Waals surface area contributed by atoms with Crippen LogP contribution in [-0.2, 0) is 9.84 Å². The van der Waals surface area contributed by atoms with E-state index in [1.807, 2.05) is 0 Å². The van der Waals surface area contributed by atoms with Crippen molar-refractivity contribution in [1.82, 2.24) is 5.32 Å². The molecular formula is C18H21F2N3O2S. The Morgan fingerprint density at radius 1 is 1.00 bits per heavy atom. The van der Waals surface area contributed by atoms with Gasteiger partial charge in [0.2, 0.25) is 9.84 Å². The van der Waals surface area contributed by atoms with Crippen LogP contribution in [0.15, 0.2) is 46.2 Å². The fourth-order valence-electron chi connectivity index (χ4n) is 3.01. The van der Waals surface area contributed by atoms with Gasteiger partial charge in [-0.2, -0.15) is 0 Å². The SMILES string of the molecule is CN(C)c1cc(N2CCNCC2)ccc1S(=O)(=O)c1cc(F)cc(F)c1. The molecule has 2 aromatic carbocycles. The van der Waals surface area contributed by atoms with Crippen molar-refractivity contribution < 1.29 is 17.2 Å².